The van der Waals surface area contributed by atoms with Crippen LogP contribution in [0, 0.1) is 0 Å². The van der Waals surface area contributed by atoms with E-state index < -0.39 is 11.9 Å². The summed E-state index contributed by atoms with van der Waals surface area (Å²) in [5, 5.41) is 7.07. The second kappa shape index (κ2) is 23.1. The van der Waals surface area contributed by atoms with E-state index in [-0.39, 0.29) is 30.1 Å². The van der Waals surface area contributed by atoms with Crippen LogP contribution < -0.4 is 33.2 Å². The highest BCUT2D eigenvalue weighted by atomic mass is 16.5. The third kappa shape index (κ3) is 25.5. The van der Waals surface area contributed by atoms with Crippen LogP contribution in [0.2, 0.25) is 0 Å². The van der Waals surface area contributed by atoms with Crippen LogP contribution in [-0.4, -0.2) is 55.0 Å². The maximum absolute atomic E-state index is 10.6. The SMILES string of the molecule is CC.CC.CC(C)(C)OCC(N)C(N)=O.O=C1CCNC(=O)N1.[NH3+]C(=O)CCc1ccc(NC=O)cc1. The molecule has 0 bridgehead atoms. The number of imide groups is 1. The molecule has 1 fully saturated rings. The molecule has 1 heterocycles. The summed E-state index contributed by atoms with van der Waals surface area (Å²) in [7, 11) is 0. The number of hydrogen-bond donors (Lipinski definition) is 6. The van der Waals surface area contributed by atoms with Crippen molar-refractivity contribution in [3.63, 3.8) is 0 Å². The number of rotatable bonds is 8. The number of anilines is 1. The van der Waals surface area contributed by atoms with Crippen molar-refractivity contribution in [2.75, 3.05) is 18.5 Å². The lowest BCUT2D eigenvalue weighted by molar-refractivity contribution is -0.305. The normalized spacial score (nSPS) is 12.5. The van der Waals surface area contributed by atoms with Gasteiger partial charge in [-0.15, -0.1) is 0 Å². The molecule has 0 saturated carbocycles. The standard InChI is InChI=1S/C10H12N2O2.C7H16N2O2.C4H6N2O2.2C2H6/c11-10(14)6-3-8-1-4-9(5-2-8)12-7-13;1-7(2,3)11-4-5(8)6(9)10;7-3-1-2-5-4(8)6-3;2*1-2/h1-2,4-5,7H,3,6H2,(H2,11,14)(H,12,13);5H,4,8H2,1-3H3,(H2,9,10);1-2H2,(H2,5,6,7,8);2*1-2H3/p+1. The zero-order valence-electron chi connectivity index (χ0n) is 23.3. The summed E-state index contributed by atoms with van der Waals surface area (Å²) in [6.45, 7) is 14.3. The topological polar surface area (TPSA) is 210 Å². The monoisotopic (exact) mass is 527 g/mol. The van der Waals surface area contributed by atoms with E-state index in [1.54, 1.807) is 12.1 Å². The number of primary amides is 1. The number of hydrogen-bond acceptors (Lipinski definition) is 7. The van der Waals surface area contributed by atoms with Crippen LogP contribution in [0.1, 0.15) is 66.9 Å². The van der Waals surface area contributed by atoms with Crippen molar-refractivity contribution < 1.29 is 34.4 Å². The lowest BCUT2D eigenvalue weighted by Crippen LogP contribution is -2.56. The molecule has 212 valence electrons. The molecule has 0 spiro atoms. The molecule has 1 aromatic rings. The van der Waals surface area contributed by atoms with Crippen LogP contribution >= 0.6 is 0 Å². The fraction of sp³-hybridized carbons (Fsp3) is 0.560. The number of amides is 6. The molecule has 6 amide bonds. The average molecular weight is 528 g/mol. The summed E-state index contributed by atoms with van der Waals surface area (Å²) >= 11 is 0. The molecule has 12 heteroatoms. The first-order chi connectivity index (χ1) is 17.3. The number of carbonyl (C=O) groups excluding carboxylic acids is 5. The van der Waals surface area contributed by atoms with E-state index in [2.05, 4.69) is 21.7 Å². The fourth-order valence-corrected chi connectivity index (χ4v) is 2.06. The summed E-state index contributed by atoms with van der Waals surface area (Å²) in [5.41, 5.74) is 15.1. The number of nitrogens with two attached hydrogens (primary N) is 2. The summed E-state index contributed by atoms with van der Waals surface area (Å²) in [6.07, 6.45) is 2.18. The molecular weight excluding hydrogens is 480 g/mol. The Balaban J connectivity index is -0.000000451. The van der Waals surface area contributed by atoms with E-state index in [1.807, 2.05) is 60.6 Å². The quantitative estimate of drug-likeness (QED) is 0.268. The molecule has 10 N–H and O–H groups in total. The fourth-order valence-electron chi connectivity index (χ4n) is 2.06. The van der Waals surface area contributed by atoms with Gasteiger partial charge in [-0.05, 0) is 44.9 Å². The zero-order chi connectivity index (χ0) is 29.4. The van der Waals surface area contributed by atoms with Crippen LogP contribution in [0.25, 0.3) is 0 Å². The van der Waals surface area contributed by atoms with Crippen molar-refractivity contribution in [2.24, 2.45) is 11.5 Å². The van der Waals surface area contributed by atoms with Gasteiger partial charge in [-0.1, -0.05) is 39.8 Å². The third-order valence-electron chi connectivity index (χ3n) is 3.82. The molecule has 1 atom stereocenters. The molecule has 1 aliphatic rings. The number of ether oxygens (including phenoxy) is 1. The second-order valence-corrected chi connectivity index (χ2v) is 7.98. The number of quaternary nitrogens is 1. The zero-order valence-corrected chi connectivity index (χ0v) is 23.3. The summed E-state index contributed by atoms with van der Waals surface area (Å²) in [5.74, 6) is -0.789. The number of urea groups is 1. The van der Waals surface area contributed by atoms with E-state index >= 15 is 0 Å². The smallest absolute Gasteiger partial charge is 0.321 e. The molecule has 0 radical (unpaired) electrons. The van der Waals surface area contributed by atoms with Gasteiger partial charge >= 0.3 is 11.9 Å². The summed E-state index contributed by atoms with van der Waals surface area (Å²) < 4.78 is 5.23. The van der Waals surface area contributed by atoms with E-state index in [1.165, 1.54) is 0 Å². The molecule has 1 saturated heterocycles. The van der Waals surface area contributed by atoms with Gasteiger partial charge in [-0.25, -0.2) is 9.59 Å². The van der Waals surface area contributed by atoms with E-state index in [0.29, 0.717) is 32.2 Å². The first kappa shape index (κ1) is 38.2. The minimum Gasteiger partial charge on any atom is -0.374 e. The van der Waals surface area contributed by atoms with Crippen LogP contribution in [0.15, 0.2) is 24.3 Å². The molecule has 37 heavy (non-hydrogen) atoms. The van der Waals surface area contributed by atoms with Gasteiger partial charge in [0, 0.05) is 18.7 Å². The van der Waals surface area contributed by atoms with Crippen molar-refractivity contribution in [2.45, 2.75) is 79.4 Å². The molecule has 1 unspecified atom stereocenters. The van der Waals surface area contributed by atoms with Gasteiger partial charge in [0.05, 0.1) is 18.6 Å². The molecule has 0 aromatic heterocycles. The number of aryl methyl sites for hydroxylation is 1. The molecule has 1 aliphatic heterocycles. The number of nitrogens with one attached hydrogen (secondary N) is 3. The van der Waals surface area contributed by atoms with E-state index in [9.17, 15) is 24.0 Å². The van der Waals surface area contributed by atoms with Crippen molar-refractivity contribution in [3.8, 4) is 0 Å². The summed E-state index contributed by atoms with van der Waals surface area (Å²) in [6, 6.07) is 6.29. The maximum Gasteiger partial charge on any atom is 0.321 e. The van der Waals surface area contributed by atoms with Gasteiger partial charge in [-0.3, -0.25) is 25.4 Å². The average Bonchev–Trinajstić information content (AvgIpc) is 2.85. The van der Waals surface area contributed by atoms with Gasteiger partial charge in [0.1, 0.15) is 6.04 Å². The summed E-state index contributed by atoms with van der Waals surface area (Å²) in [4.78, 5) is 51.7. The van der Waals surface area contributed by atoms with Gasteiger partial charge in [0.25, 0.3) is 0 Å². The Morgan fingerprint density at radius 3 is 2.03 bits per heavy atom. The highest BCUT2D eigenvalue weighted by molar-refractivity contribution is 5.96. The maximum atomic E-state index is 10.6. The van der Waals surface area contributed by atoms with Crippen LogP contribution in [0.5, 0.6) is 0 Å². The van der Waals surface area contributed by atoms with E-state index in [0.717, 1.165) is 11.3 Å². The second-order valence-electron chi connectivity index (χ2n) is 7.98. The lowest BCUT2D eigenvalue weighted by Gasteiger charge is -2.20. The Morgan fingerprint density at radius 2 is 1.68 bits per heavy atom. The van der Waals surface area contributed by atoms with Gasteiger partial charge < -0.3 is 26.8 Å². The Hall–Kier alpha value is -3.35. The molecule has 12 nitrogen and oxygen atoms in total. The Morgan fingerprint density at radius 1 is 1.14 bits per heavy atom. The molecular formula is C25H47N6O6+. The Kier molecular flexibility index (Phi) is 23.8. The number of benzene rings is 1. The van der Waals surface area contributed by atoms with Gasteiger partial charge in [-0.2, -0.15) is 0 Å². The van der Waals surface area contributed by atoms with Crippen molar-refractivity contribution in [1.82, 2.24) is 10.6 Å². The highest BCUT2D eigenvalue weighted by Crippen LogP contribution is 2.10. The predicted octanol–water partition coefficient (Wildman–Crippen LogP) is 0.838. The van der Waals surface area contributed by atoms with Crippen LogP contribution in [0.3, 0.4) is 0 Å². The largest absolute Gasteiger partial charge is 0.374 e. The predicted molar refractivity (Wildman–Crippen MR) is 144 cm³/mol. The van der Waals surface area contributed by atoms with E-state index in [4.69, 9.17) is 16.2 Å². The van der Waals surface area contributed by atoms with Gasteiger partial charge in [0.2, 0.25) is 18.2 Å². The first-order valence-electron chi connectivity index (χ1n) is 12.2. The van der Waals surface area contributed by atoms with Gasteiger partial charge in [0.15, 0.2) is 0 Å². The lowest BCUT2D eigenvalue weighted by atomic mass is 10.1. The molecule has 0 aliphatic carbocycles. The highest BCUT2D eigenvalue weighted by Gasteiger charge is 2.15. The Bertz CT molecular complexity index is 780. The Labute approximate surface area is 220 Å². The minimum absolute atomic E-state index is 0.0555. The molecule has 2 rings (SSSR count). The van der Waals surface area contributed by atoms with Crippen molar-refractivity contribution in [1.29, 1.82) is 0 Å². The number of carbonyl (C=O) groups is 5. The van der Waals surface area contributed by atoms with Crippen LogP contribution in [-0.2, 0) is 30.3 Å². The first-order valence-corrected chi connectivity index (χ1v) is 12.2. The molecule has 1 aromatic carbocycles. The minimum atomic E-state index is -0.700. The van der Waals surface area contributed by atoms with Crippen molar-refractivity contribution >= 4 is 35.9 Å². The van der Waals surface area contributed by atoms with Crippen molar-refractivity contribution in [3.05, 3.63) is 29.8 Å². The van der Waals surface area contributed by atoms with Crippen LogP contribution in [0.4, 0.5) is 10.5 Å². The third-order valence-corrected chi connectivity index (χ3v) is 3.82.